The van der Waals surface area contributed by atoms with Gasteiger partial charge in [-0.25, -0.2) is 0 Å². The highest BCUT2D eigenvalue weighted by atomic mass is 16.5. The molecule has 0 saturated heterocycles. The van der Waals surface area contributed by atoms with Gasteiger partial charge in [-0.2, -0.15) is 0 Å². The fraction of sp³-hybridized carbons (Fsp3) is 0.389. The Hall–Kier alpha value is -1.83. The van der Waals surface area contributed by atoms with Gasteiger partial charge >= 0.3 is 0 Å². The van der Waals surface area contributed by atoms with Crippen LogP contribution in [0.3, 0.4) is 0 Å². The molecule has 0 bridgehead atoms. The number of rotatable bonds is 4. The third-order valence-electron chi connectivity index (χ3n) is 4.35. The van der Waals surface area contributed by atoms with Crippen LogP contribution in [-0.2, 0) is 11.2 Å². The van der Waals surface area contributed by atoms with E-state index in [1.54, 1.807) is 7.11 Å². The summed E-state index contributed by atoms with van der Waals surface area (Å²) in [4.78, 5) is 12.4. The average molecular weight is 268 g/mol. The lowest BCUT2D eigenvalue weighted by atomic mass is 9.93. The van der Waals surface area contributed by atoms with Gasteiger partial charge < -0.3 is 4.74 Å². The van der Waals surface area contributed by atoms with Crippen LogP contribution in [0.1, 0.15) is 31.2 Å². The number of hydrogen-bond acceptors (Lipinski definition) is 2. The molecule has 1 saturated carbocycles. The summed E-state index contributed by atoms with van der Waals surface area (Å²) in [5.41, 5.74) is 1.12. The molecule has 0 unspecified atom stereocenters. The van der Waals surface area contributed by atoms with Gasteiger partial charge in [0, 0.05) is 12.3 Å². The quantitative estimate of drug-likeness (QED) is 0.832. The van der Waals surface area contributed by atoms with Gasteiger partial charge in [-0.1, -0.05) is 37.1 Å². The Labute approximate surface area is 119 Å². The summed E-state index contributed by atoms with van der Waals surface area (Å²) in [5, 5.41) is 2.31. The van der Waals surface area contributed by atoms with E-state index >= 15 is 0 Å². The van der Waals surface area contributed by atoms with Crippen LogP contribution in [0.25, 0.3) is 10.8 Å². The minimum absolute atomic E-state index is 0.288. The van der Waals surface area contributed by atoms with Crippen molar-refractivity contribution in [3.63, 3.8) is 0 Å². The first-order chi connectivity index (χ1) is 9.78. The van der Waals surface area contributed by atoms with E-state index in [4.69, 9.17) is 4.74 Å². The highest BCUT2D eigenvalue weighted by Gasteiger charge is 2.22. The lowest BCUT2D eigenvalue weighted by molar-refractivity contribution is -0.122. The van der Waals surface area contributed by atoms with Gasteiger partial charge in [0.25, 0.3) is 0 Å². The molecule has 1 fully saturated rings. The zero-order chi connectivity index (χ0) is 13.9. The lowest BCUT2D eigenvalue weighted by Crippen LogP contribution is -2.13. The first-order valence-electron chi connectivity index (χ1n) is 7.36. The number of carbonyl (C=O) groups is 1. The Balaban J connectivity index is 1.91. The van der Waals surface area contributed by atoms with Gasteiger partial charge in [-0.15, -0.1) is 0 Å². The summed E-state index contributed by atoms with van der Waals surface area (Å²) < 4.78 is 5.30. The third-order valence-corrected chi connectivity index (χ3v) is 4.35. The zero-order valence-corrected chi connectivity index (χ0v) is 11.9. The summed E-state index contributed by atoms with van der Waals surface area (Å²) in [5.74, 6) is 1.53. The van der Waals surface area contributed by atoms with Crippen LogP contribution in [0.2, 0.25) is 0 Å². The summed E-state index contributed by atoms with van der Waals surface area (Å²) in [6, 6.07) is 12.2. The zero-order valence-electron chi connectivity index (χ0n) is 11.9. The van der Waals surface area contributed by atoms with E-state index in [0.717, 1.165) is 29.5 Å². The van der Waals surface area contributed by atoms with Crippen LogP contribution in [0, 0.1) is 5.92 Å². The Morgan fingerprint density at radius 1 is 1.20 bits per heavy atom. The molecular formula is C18H20O2. The third kappa shape index (κ3) is 2.55. The average Bonchev–Trinajstić information content (AvgIpc) is 3.01. The molecule has 0 spiro atoms. The number of ketones is 1. The monoisotopic (exact) mass is 268 g/mol. The topological polar surface area (TPSA) is 26.3 Å². The van der Waals surface area contributed by atoms with E-state index in [-0.39, 0.29) is 5.92 Å². The van der Waals surface area contributed by atoms with E-state index in [1.165, 1.54) is 18.2 Å². The van der Waals surface area contributed by atoms with E-state index < -0.39 is 0 Å². The minimum atomic E-state index is 0.288. The van der Waals surface area contributed by atoms with E-state index in [0.29, 0.717) is 12.2 Å². The maximum absolute atomic E-state index is 12.4. The van der Waals surface area contributed by atoms with Crippen LogP contribution < -0.4 is 4.74 Å². The molecule has 1 aliphatic carbocycles. The molecule has 2 heteroatoms. The molecule has 0 atom stereocenters. The fourth-order valence-electron chi connectivity index (χ4n) is 3.18. The standard InChI is InChI=1S/C18H20O2/c1-20-16-10-9-13-7-4-8-15(17(13)12-16)11-18(19)14-5-2-3-6-14/h4,7-10,12,14H,2-3,5-6,11H2,1H3. The first kappa shape index (κ1) is 13.2. The van der Waals surface area contributed by atoms with E-state index in [2.05, 4.69) is 18.2 Å². The number of methoxy groups -OCH3 is 1. The smallest absolute Gasteiger partial charge is 0.140 e. The minimum Gasteiger partial charge on any atom is -0.497 e. The molecule has 0 aromatic heterocycles. The van der Waals surface area contributed by atoms with E-state index in [1.807, 2.05) is 18.2 Å². The van der Waals surface area contributed by atoms with Crippen molar-refractivity contribution in [1.82, 2.24) is 0 Å². The summed E-state index contributed by atoms with van der Waals surface area (Å²) in [7, 11) is 1.67. The van der Waals surface area contributed by atoms with Crippen molar-refractivity contribution in [2.75, 3.05) is 7.11 Å². The number of benzene rings is 2. The second kappa shape index (κ2) is 5.66. The van der Waals surface area contributed by atoms with Crippen LogP contribution in [-0.4, -0.2) is 12.9 Å². The van der Waals surface area contributed by atoms with Gasteiger partial charge in [0.1, 0.15) is 11.5 Å². The highest BCUT2D eigenvalue weighted by Crippen LogP contribution is 2.29. The molecular weight excluding hydrogens is 248 g/mol. The molecule has 104 valence electrons. The van der Waals surface area contributed by atoms with Crippen LogP contribution in [0.4, 0.5) is 0 Å². The number of Topliss-reactive ketones (excluding diaryl/α,β-unsaturated/α-hetero) is 1. The number of fused-ring (bicyclic) bond motifs is 1. The molecule has 0 amide bonds. The van der Waals surface area contributed by atoms with Gasteiger partial charge in [0.05, 0.1) is 7.11 Å². The van der Waals surface area contributed by atoms with Crippen molar-refractivity contribution < 1.29 is 9.53 Å². The van der Waals surface area contributed by atoms with Gasteiger partial charge in [-0.05, 0) is 41.3 Å². The molecule has 3 rings (SSSR count). The van der Waals surface area contributed by atoms with Gasteiger partial charge in [0.2, 0.25) is 0 Å². The number of hydrogen-bond donors (Lipinski definition) is 0. The Morgan fingerprint density at radius 2 is 2.00 bits per heavy atom. The predicted molar refractivity (Wildman–Crippen MR) is 81.2 cm³/mol. The van der Waals surface area contributed by atoms with Crippen LogP contribution >= 0.6 is 0 Å². The molecule has 0 aliphatic heterocycles. The number of ether oxygens (including phenoxy) is 1. The van der Waals surface area contributed by atoms with Crippen molar-refractivity contribution >= 4 is 16.6 Å². The molecule has 0 radical (unpaired) electrons. The largest absolute Gasteiger partial charge is 0.497 e. The molecule has 2 aromatic carbocycles. The summed E-state index contributed by atoms with van der Waals surface area (Å²) >= 11 is 0. The predicted octanol–water partition coefficient (Wildman–Crippen LogP) is 4.15. The SMILES string of the molecule is COc1ccc2cccc(CC(=O)C3CCCC3)c2c1. The first-order valence-corrected chi connectivity index (χ1v) is 7.36. The van der Waals surface area contributed by atoms with Crippen molar-refractivity contribution in [2.45, 2.75) is 32.1 Å². The molecule has 0 heterocycles. The van der Waals surface area contributed by atoms with Gasteiger partial charge in [0.15, 0.2) is 0 Å². The lowest BCUT2D eigenvalue weighted by Gasteiger charge is -2.11. The Bertz CT molecular complexity index is 624. The van der Waals surface area contributed by atoms with E-state index in [9.17, 15) is 4.79 Å². The second-order valence-electron chi connectivity index (χ2n) is 5.63. The fourth-order valence-corrected chi connectivity index (χ4v) is 3.18. The summed E-state index contributed by atoms with van der Waals surface area (Å²) in [6.07, 6.45) is 5.12. The molecule has 1 aliphatic rings. The maximum Gasteiger partial charge on any atom is 0.140 e. The van der Waals surface area contributed by atoms with Crippen molar-refractivity contribution in [3.8, 4) is 5.75 Å². The molecule has 0 N–H and O–H groups in total. The van der Waals surface area contributed by atoms with Crippen molar-refractivity contribution in [2.24, 2.45) is 5.92 Å². The highest BCUT2D eigenvalue weighted by molar-refractivity contribution is 5.92. The van der Waals surface area contributed by atoms with Crippen molar-refractivity contribution in [1.29, 1.82) is 0 Å². The van der Waals surface area contributed by atoms with Crippen molar-refractivity contribution in [3.05, 3.63) is 42.0 Å². The van der Waals surface area contributed by atoms with Gasteiger partial charge in [-0.3, -0.25) is 4.79 Å². The molecule has 2 nitrogen and oxygen atoms in total. The second-order valence-corrected chi connectivity index (χ2v) is 5.63. The van der Waals surface area contributed by atoms with Crippen LogP contribution in [0.5, 0.6) is 5.75 Å². The molecule has 2 aromatic rings. The Kier molecular flexibility index (Phi) is 3.72. The van der Waals surface area contributed by atoms with Crippen LogP contribution in [0.15, 0.2) is 36.4 Å². The normalized spacial score (nSPS) is 15.7. The summed E-state index contributed by atoms with van der Waals surface area (Å²) in [6.45, 7) is 0. The molecule has 20 heavy (non-hydrogen) atoms. The Morgan fingerprint density at radius 3 is 2.75 bits per heavy atom. The number of carbonyl (C=O) groups excluding carboxylic acids is 1. The maximum atomic E-state index is 12.4.